The maximum Gasteiger partial charge on any atom is 0.337 e. The molecule has 0 radical (unpaired) electrons. The number of carbonyl (C=O) groups excluding carboxylic acids is 1. The number of hydrogen-bond acceptors (Lipinski definition) is 4. The van der Waals surface area contributed by atoms with E-state index in [1.807, 2.05) is 36.4 Å². The molecule has 256 valence electrons. The molecule has 10 aromatic rings. The van der Waals surface area contributed by atoms with Gasteiger partial charge in [-0.3, -0.25) is 4.57 Å². The fourth-order valence-corrected chi connectivity index (χ4v) is 7.71. The molecule has 54 heavy (non-hydrogen) atoms. The third-order valence-electron chi connectivity index (χ3n) is 10.3. The summed E-state index contributed by atoms with van der Waals surface area (Å²) in [6, 6.07) is 60.6. The summed E-state index contributed by atoms with van der Waals surface area (Å²) in [5, 5.41) is 4.68. The minimum atomic E-state index is -0.376. The van der Waals surface area contributed by atoms with Gasteiger partial charge in [0.05, 0.1) is 46.1 Å². The lowest BCUT2D eigenvalue weighted by atomic mass is 10.0. The Morgan fingerprint density at radius 3 is 1.50 bits per heavy atom. The van der Waals surface area contributed by atoms with Crippen LogP contribution in [0.5, 0.6) is 0 Å². The molecule has 0 bridgehead atoms. The van der Waals surface area contributed by atoms with Crippen molar-refractivity contribution in [2.45, 2.75) is 0 Å². The Hall–Kier alpha value is -7.31. The Kier molecular flexibility index (Phi) is 7.40. The van der Waals surface area contributed by atoms with Crippen molar-refractivity contribution in [1.29, 1.82) is 0 Å². The summed E-state index contributed by atoms with van der Waals surface area (Å²) in [7, 11) is 1.39. The van der Waals surface area contributed by atoms with E-state index >= 15 is 0 Å². The molecule has 3 heterocycles. The van der Waals surface area contributed by atoms with Crippen LogP contribution in [0.25, 0.3) is 88.9 Å². The predicted octanol–water partition coefficient (Wildman–Crippen LogP) is 11.5. The quantitative estimate of drug-likeness (QED) is 0.162. The summed E-state index contributed by atoms with van der Waals surface area (Å²) in [5.74, 6) is 0.191. The smallest absolute Gasteiger partial charge is 0.337 e. The minimum Gasteiger partial charge on any atom is -0.465 e. The molecule has 0 saturated heterocycles. The van der Waals surface area contributed by atoms with Crippen LogP contribution < -0.4 is 0 Å². The lowest BCUT2D eigenvalue weighted by Crippen LogP contribution is -2.04. The van der Waals surface area contributed by atoms with E-state index in [-0.39, 0.29) is 5.97 Å². The summed E-state index contributed by atoms with van der Waals surface area (Å²) < 4.78 is 9.43. The van der Waals surface area contributed by atoms with Crippen LogP contribution in [0.2, 0.25) is 0 Å². The summed E-state index contributed by atoms with van der Waals surface area (Å²) in [5.41, 5.74) is 11.7. The Morgan fingerprint density at radius 2 is 0.907 bits per heavy atom. The largest absolute Gasteiger partial charge is 0.465 e. The number of carbonyl (C=O) groups is 1. The van der Waals surface area contributed by atoms with Crippen LogP contribution in [0.3, 0.4) is 0 Å². The highest BCUT2D eigenvalue weighted by molar-refractivity contribution is 6.12. The standard InChI is InChI=1S/C48H32N4O2/c1-54-47(53)33-22-20-32(21-23-33)42-30-41(31-12-4-2-5-13-31)49-48(50-42)52-44-19-11-9-17-38(44)40-29-35(25-27-46(40)52)34-24-26-45-39(28-34)37-16-8-10-18-43(37)51(45)36-14-6-3-7-15-36/h2-30H,1H3. The highest BCUT2D eigenvalue weighted by Crippen LogP contribution is 2.38. The van der Waals surface area contributed by atoms with E-state index in [1.54, 1.807) is 12.1 Å². The zero-order valence-corrected chi connectivity index (χ0v) is 29.3. The molecule has 3 aromatic heterocycles. The second-order valence-corrected chi connectivity index (χ2v) is 13.4. The molecule has 0 spiro atoms. The van der Waals surface area contributed by atoms with Crippen molar-refractivity contribution in [3.63, 3.8) is 0 Å². The van der Waals surface area contributed by atoms with E-state index in [0.29, 0.717) is 11.5 Å². The van der Waals surface area contributed by atoms with Gasteiger partial charge in [0.2, 0.25) is 5.95 Å². The van der Waals surface area contributed by atoms with E-state index < -0.39 is 0 Å². The molecule has 0 atom stereocenters. The second kappa shape index (κ2) is 12.7. The van der Waals surface area contributed by atoms with Gasteiger partial charge in [-0.25, -0.2) is 14.8 Å². The maximum atomic E-state index is 12.2. The summed E-state index contributed by atoms with van der Waals surface area (Å²) >= 11 is 0. The van der Waals surface area contributed by atoms with Gasteiger partial charge < -0.3 is 9.30 Å². The van der Waals surface area contributed by atoms with Crippen LogP contribution in [0.15, 0.2) is 176 Å². The molecule has 0 amide bonds. The second-order valence-electron chi connectivity index (χ2n) is 13.4. The van der Waals surface area contributed by atoms with Crippen molar-refractivity contribution >= 4 is 49.6 Å². The topological polar surface area (TPSA) is 61.9 Å². The molecule has 0 N–H and O–H groups in total. The average Bonchev–Trinajstić information content (AvgIpc) is 3.76. The number of fused-ring (bicyclic) bond motifs is 6. The van der Waals surface area contributed by atoms with Crippen LogP contribution in [0.1, 0.15) is 10.4 Å². The van der Waals surface area contributed by atoms with Gasteiger partial charge in [0, 0.05) is 38.4 Å². The molecule has 0 saturated carbocycles. The summed E-state index contributed by atoms with van der Waals surface area (Å²) in [4.78, 5) is 22.5. The highest BCUT2D eigenvalue weighted by atomic mass is 16.5. The molecule has 0 aliphatic carbocycles. The molecule has 0 aliphatic rings. The molecular weight excluding hydrogens is 665 g/mol. The first-order chi connectivity index (χ1) is 26.6. The number of aromatic nitrogens is 4. The first-order valence-corrected chi connectivity index (χ1v) is 17.9. The Bertz CT molecular complexity index is 3040. The fraction of sp³-hybridized carbons (Fsp3) is 0.0208. The number of methoxy groups -OCH3 is 1. The van der Waals surface area contributed by atoms with Gasteiger partial charge in [0.25, 0.3) is 0 Å². The van der Waals surface area contributed by atoms with Crippen LogP contribution in [0.4, 0.5) is 0 Å². The number of nitrogens with zero attached hydrogens (tertiary/aromatic N) is 4. The Morgan fingerprint density at radius 1 is 0.444 bits per heavy atom. The first-order valence-electron chi connectivity index (χ1n) is 17.9. The van der Waals surface area contributed by atoms with E-state index in [2.05, 4.69) is 137 Å². The number of benzene rings is 7. The number of ether oxygens (including phenoxy) is 1. The molecule has 0 unspecified atom stereocenters. The van der Waals surface area contributed by atoms with Gasteiger partial charge in [-0.1, -0.05) is 109 Å². The molecular formula is C48H32N4O2. The van der Waals surface area contributed by atoms with E-state index in [0.717, 1.165) is 61.1 Å². The van der Waals surface area contributed by atoms with Crippen molar-refractivity contribution in [3.05, 3.63) is 181 Å². The fourth-order valence-electron chi connectivity index (χ4n) is 7.71. The molecule has 0 aliphatic heterocycles. The monoisotopic (exact) mass is 696 g/mol. The van der Waals surface area contributed by atoms with Crippen LogP contribution in [-0.4, -0.2) is 32.2 Å². The number of rotatable bonds is 6. The third kappa shape index (κ3) is 5.15. The summed E-state index contributed by atoms with van der Waals surface area (Å²) in [6.07, 6.45) is 0. The number of hydrogen-bond donors (Lipinski definition) is 0. The molecule has 6 heteroatoms. The van der Waals surface area contributed by atoms with E-state index in [4.69, 9.17) is 14.7 Å². The minimum absolute atomic E-state index is 0.376. The number of para-hydroxylation sites is 3. The van der Waals surface area contributed by atoms with Crippen LogP contribution in [-0.2, 0) is 4.74 Å². The molecule has 0 fully saturated rings. The normalized spacial score (nSPS) is 11.5. The molecule has 6 nitrogen and oxygen atoms in total. The van der Waals surface area contributed by atoms with Gasteiger partial charge in [-0.2, -0.15) is 0 Å². The number of esters is 1. The predicted molar refractivity (Wildman–Crippen MR) is 218 cm³/mol. The lowest BCUT2D eigenvalue weighted by molar-refractivity contribution is 0.0600. The van der Waals surface area contributed by atoms with Crippen molar-refractivity contribution in [2.75, 3.05) is 7.11 Å². The van der Waals surface area contributed by atoms with Crippen molar-refractivity contribution in [2.24, 2.45) is 0 Å². The summed E-state index contributed by atoms with van der Waals surface area (Å²) in [6.45, 7) is 0. The Labute approximate surface area is 311 Å². The van der Waals surface area contributed by atoms with Crippen molar-refractivity contribution in [1.82, 2.24) is 19.1 Å². The van der Waals surface area contributed by atoms with E-state index in [9.17, 15) is 4.79 Å². The highest BCUT2D eigenvalue weighted by Gasteiger charge is 2.19. The van der Waals surface area contributed by atoms with Crippen LogP contribution in [0, 0.1) is 0 Å². The zero-order valence-electron chi connectivity index (χ0n) is 29.3. The van der Waals surface area contributed by atoms with Gasteiger partial charge >= 0.3 is 5.97 Å². The van der Waals surface area contributed by atoms with Gasteiger partial charge in [0.15, 0.2) is 0 Å². The Balaban J connectivity index is 1.15. The maximum absolute atomic E-state index is 12.2. The van der Waals surface area contributed by atoms with Gasteiger partial charge in [-0.05, 0) is 77.9 Å². The SMILES string of the molecule is COC(=O)c1ccc(-c2cc(-c3ccccc3)nc(-n3c4ccccc4c4cc(-c5ccc6c(c5)c5ccccc5n6-c5ccccc5)ccc43)n2)cc1. The van der Waals surface area contributed by atoms with Crippen LogP contribution >= 0.6 is 0 Å². The van der Waals surface area contributed by atoms with Gasteiger partial charge in [0.1, 0.15) is 0 Å². The van der Waals surface area contributed by atoms with Crippen molar-refractivity contribution < 1.29 is 9.53 Å². The molecule has 10 rings (SSSR count). The van der Waals surface area contributed by atoms with Crippen molar-refractivity contribution in [3.8, 4) is 45.3 Å². The lowest BCUT2D eigenvalue weighted by Gasteiger charge is -2.12. The first kappa shape index (κ1) is 31.4. The zero-order chi connectivity index (χ0) is 36.2. The third-order valence-corrected chi connectivity index (χ3v) is 10.3. The van der Waals surface area contributed by atoms with Gasteiger partial charge in [-0.15, -0.1) is 0 Å². The molecule has 7 aromatic carbocycles. The average molecular weight is 697 g/mol. The van der Waals surface area contributed by atoms with E-state index in [1.165, 1.54) is 28.9 Å².